The van der Waals surface area contributed by atoms with E-state index in [1.165, 1.54) is 17.2 Å². The molecule has 0 saturated carbocycles. The predicted octanol–water partition coefficient (Wildman–Crippen LogP) is 4.34. The van der Waals surface area contributed by atoms with Crippen LogP contribution in [-0.2, 0) is 6.42 Å². The van der Waals surface area contributed by atoms with E-state index in [9.17, 15) is 4.39 Å². The summed E-state index contributed by atoms with van der Waals surface area (Å²) in [5, 5.41) is 0.170. The molecule has 0 aliphatic carbocycles. The molecule has 1 unspecified atom stereocenters. The Labute approximate surface area is 118 Å². The first kappa shape index (κ1) is 14.0. The maximum atomic E-state index is 13.4. The van der Waals surface area contributed by atoms with Gasteiger partial charge >= 0.3 is 0 Å². The first-order valence-corrected chi connectivity index (χ1v) is 6.63. The summed E-state index contributed by atoms with van der Waals surface area (Å²) in [6, 6.07) is 10.7. The predicted molar refractivity (Wildman–Crippen MR) is 78.0 cm³/mol. The number of rotatable bonds is 3. The fourth-order valence-corrected chi connectivity index (χ4v) is 2.43. The third-order valence-corrected chi connectivity index (χ3v) is 3.94. The third-order valence-electron chi connectivity index (χ3n) is 3.52. The average molecular weight is 278 g/mol. The van der Waals surface area contributed by atoms with E-state index in [1.54, 1.807) is 6.07 Å². The van der Waals surface area contributed by atoms with Crippen molar-refractivity contribution in [1.29, 1.82) is 0 Å². The Hall–Kier alpha value is -1.38. The monoisotopic (exact) mass is 277 g/mol. The number of hydrogen-bond acceptors (Lipinski definition) is 1. The van der Waals surface area contributed by atoms with Crippen molar-refractivity contribution in [3.63, 3.8) is 0 Å². The van der Waals surface area contributed by atoms with Gasteiger partial charge in [0.15, 0.2) is 0 Å². The summed E-state index contributed by atoms with van der Waals surface area (Å²) in [6.07, 6.45) is 0.529. The maximum Gasteiger partial charge on any atom is 0.142 e. The van der Waals surface area contributed by atoms with E-state index in [2.05, 4.69) is 19.9 Å². The van der Waals surface area contributed by atoms with Gasteiger partial charge in [-0.2, -0.15) is 0 Å². The van der Waals surface area contributed by atoms with Gasteiger partial charge in [-0.1, -0.05) is 41.9 Å². The van der Waals surface area contributed by atoms with Crippen LogP contribution in [0.2, 0.25) is 5.02 Å². The van der Waals surface area contributed by atoms with Crippen LogP contribution in [-0.4, -0.2) is 0 Å². The van der Waals surface area contributed by atoms with Crippen molar-refractivity contribution in [1.82, 2.24) is 0 Å². The second-order valence-corrected chi connectivity index (χ2v) is 5.19. The minimum absolute atomic E-state index is 0.170. The molecule has 2 aromatic rings. The molecular weight excluding hydrogens is 261 g/mol. The molecule has 0 aromatic heterocycles. The minimum atomic E-state index is -0.396. The Morgan fingerprint density at radius 3 is 2.58 bits per heavy atom. The van der Waals surface area contributed by atoms with Crippen LogP contribution in [0.4, 0.5) is 4.39 Å². The van der Waals surface area contributed by atoms with Crippen LogP contribution in [0.5, 0.6) is 0 Å². The molecule has 19 heavy (non-hydrogen) atoms. The molecule has 2 N–H and O–H groups in total. The Balaban J connectivity index is 2.28. The van der Waals surface area contributed by atoms with Gasteiger partial charge in [0.1, 0.15) is 5.82 Å². The van der Waals surface area contributed by atoms with E-state index >= 15 is 0 Å². The summed E-state index contributed by atoms with van der Waals surface area (Å²) < 4.78 is 13.4. The molecule has 0 aliphatic rings. The van der Waals surface area contributed by atoms with Crippen LogP contribution >= 0.6 is 11.6 Å². The van der Waals surface area contributed by atoms with E-state index in [4.69, 9.17) is 17.3 Å². The van der Waals surface area contributed by atoms with E-state index in [0.717, 1.165) is 11.1 Å². The Bertz CT molecular complexity index is 595. The van der Waals surface area contributed by atoms with Crippen LogP contribution in [0.3, 0.4) is 0 Å². The SMILES string of the molecule is Cc1cccc(C(N)Cc2cccc(F)c2Cl)c1C. The van der Waals surface area contributed by atoms with Crippen molar-refractivity contribution < 1.29 is 4.39 Å². The molecule has 0 spiro atoms. The number of benzene rings is 2. The lowest BCUT2D eigenvalue weighted by atomic mass is 9.94. The molecule has 100 valence electrons. The zero-order chi connectivity index (χ0) is 14.0. The molecule has 2 aromatic carbocycles. The highest BCUT2D eigenvalue weighted by Gasteiger charge is 2.14. The molecule has 0 radical (unpaired) electrons. The van der Waals surface area contributed by atoms with Gasteiger partial charge < -0.3 is 5.73 Å². The molecule has 2 rings (SSSR count). The Kier molecular flexibility index (Phi) is 4.23. The number of hydrogen-bond donors (Lipinski definition) is 1. The van der Waals surface area contributed by atoms with Crippen molar-refractivity contribution in [2.75, 3.05) is 0 Å². The highest BCUT2D eigenvalue weighted by molar-refractivity contribution is 6.31. The molecule has 0 heterocycles. The van der Waals surface area contributed by atoms with Crippen LogP contribution in [0.25, 0.3) is 0 Å². The van der Waals surface area contributed by atoms with Crippen LogP contribution < -0.4 is 5.73 Å². The highest BCUT2D eigenvalue weighted by Crippen LogP contribution is 2.26. The van der Waals surface area contributed by atoms with Crippen molar-refractivity contribution in [2.24, 2.45) is 5.73 Å². The molecule has 0 aliphatic heterocycles. The van der Waals surface area contributed by atoms with Gasteiger partial charge in [-0.05, 0) is 48.6 Å². The first-order valence-electron chi connectivity index (χ1n) is 6.25. The number of aryl methyl sites for hydroxylation is 1. The standard InChI is InChI=1S/C16H17ClFN/c1-10-5-3-7-13(11(10)2)15(19)9-12-6-4-8-14(18)16(12)17/h3-8,15H,9,19H2,1-2H3. The lowest BCUT2D eigenvalue weighted by Gasteiger charge is -2.17. The van der Waals surface area contributed by atoms with Crippen molar-refractivity contribution in [3.05, 3.63) is 69.5 Å². The summed E-state index contributed by atoms with van der Waals surface area (Å²) in [4.78, 5) is 0. The van der Waals surface area contributed by atoms with Crippen LogP contribution in [0.1, 0.15) is 28.3 Å². The summed E-state index contributed by atoms with van der Waals surface area (Å²) in [5.74, 6) is -0.396. The molecule has 0 fully saturated rings. The summed E-state index contributed by atoms with van der Waals surface area (Å²) in [5.41, 5.74) is 10.5. The summed E-state index contributed by atoms with van der Waals surface area (Å²) >= 11 is 5.97. The quantitative estimate of drug-likeness (QED) is 0.887. The fourth-order valence-electron chi connectivity index (χ4n) is 2.23. The second kappa shape index (κ2) is 5.72. The zero-order valence-electron chi connectivity index (χ0n) is 11.1. The molecule has 0 amide bonds. The van der Waals surface area contributed by atoms with E-state index in [1.807, 2.05) is 18.2 Å². The lowest BCUT2D eigenvalue weighted by molar-refractivity contribution is 0.622. The van der Waals surface area contributed by atoms with Gasteiger partial charge in [-0.3, -0.25) is 0 Å². The van der Waals surface area contributed by atoms with Gasteiger partial charge in [0, 0.05) is 6.04 Å². The normalized spacial score (nSPS) is 12.5. The highest BCUT2D eigenvalue weighted by atomic mass is 35.5. The topological polar surface area (TPSA) is 26.0 Å². The molecule has 0 bridgehead atoms. The van der Waals surface area contributed by atoms with E-state index in [-0.39, 0.29) is 11.1 Å². The van der Waals surface area contributed by atoms with Gasteiger partial charge in [-0.25, -0.2) is 4.39 Å². The summed E-state index contributed by atoms with van der Waals surface area (Å²) in [7, 11) is 0. The van der Waals surface area contributed by atoms with E-state index in [0.29, 0.717) is 6.42 Å². The largest absolute Gasteiger partial charge is 0.324 e. The number of halogens is 2. The average Bonchev–Trinajstić information content (AvgIpc) is 2.38. The Morgan fingerprint density at radius 2 is 1.84 bits per heavy atom. The smallest absolute Gasteiger partial charge is 0.142 e. The van der Waals surface area contributed by atoms with Gasteiger partial charge in [0.2, 0.25) is 0 Å². The molecule has 1 nitrogen and oxygen atoms in total. The van der Waals surface area contributed by atoms with Crippen LogP contribution in [0, 0.1) is 19.7 Å². The summed E-state index contributed by atoms with van der Waals surface area (Å²) in [6.45, 7) is 4.11. The van der Waals surface area contributed by atoms with Crippen molar-refractivity contribution in [3.8, 4) is 0 Å². The third kappa shape index (κ3) is 2.96. The van der Waals surface area contributed by atoms with Crippen LogP contribution in [0.15, 0.2) is 36.4 Å². The van der Waals surface area contributed by atoms with E-state index < -0.39 is 5.82 Å². The van der Waals surface area contributed by atoms with Gasteiger partial charge in [0.05, 0.1) is 5.02 Å². The molecular formula is C16H17ClFN. The zero-order valence-corrected chi connectivity index (χ0v) is 11.8. The first-order chi connectivity index (χ1) is 9.00. The fraction of sp³-hybridized carbons (Fsp3) is 0.250. The van der Waals surface area contributed by atoms with Crippen molar-refractivity contribution >= 4 is 11.6 Å². The maximum absolute atomic E-state index is 13.4. The minimum Gasteiger partial charge on any atom is -0.324 e. The van der Waals surface area contributed by atoms with Crippen molar-refractivity contribution in [2.45, 2.75) is 26.3 Å². The number of nitrogens with two attached hydrogens (primary N) is 1. The van der Waals surface area contributed by atoms with Gasteiger partial charge in [-0.15, -0.1) is 0 Å². The molecule has 3 heteroatoms. The Morgan fingerprint density at radius 1 is 1.16 bits per heavy atom. The molecule has 0 saturated heterocycles. The second-order valence-electron chi connectivity index (χ2n) is 4.81. The van der Waals surface area contributed by atoms with Gasteiger partial charge in [0.25, 0.3) is 0 Å². The lowest BCUT2D eigenvalue weighted by Crippen LogP contribution is -2.15. The molecule has 1 atom stereocenters.